The summed E-state index contributed by atoms with van der Waals surface area (Å²) in [6.07, 6.45) is 0. The Bertz CT molecular complexity index is 663. The van der Waals surface area contributed by atoms with Gasteiger partial charge in [0.15, 0.2) is 0 Å². The summed E-state index contributed by atoms with van der Waals surface area (Å²) in [6.45, 7) is 12.4. The summed E-state index contributed by atoms with van der Waals surface area (Å²) in [5, 5.41) is 8.45. The van der Waals surface area contributed by atoms with Gasteiger partial charge in [0.05, 0.1) is 16.7 Å². The van der Waals surface area contributed by atoms with Gasteiger partial charge in [-0.05, 0) is 59.1 Å². The van der Waals surface area contributed by atoms with E-state index in [2.05, 4.69) is 51.9 Å². The van der Waals surface area contributed by atoms with Gasteiger partial charge in [0, 0.05) is 6.04 Å². The predicted molar refractivity (Wildman–Crippen MR) is 83.6 cm³/mol. The monoisotopic (exact) mass is 287 g/mol. The number of nitrogens with zero attached hydrogens (tertiary/aromatic N) is 3. The van der Waals surface area contributed by atoms with Crippen molar-refractivity contribution in [2.75, 3.05) is 0 Å². The molecule has 21 heavy (non-hydrogen) atoms. The second kappa shape index (κ2) is 4.55. The number of benzene rings is 1. The Morgan fingerprint density at radius 2 is 1.71 bits per heavy atom. The maximum Gasteiger partial charge on any atom is 0.494 e. The summed E-state index contributed by atoms with van der Waals surface area (Å²) in [6, 6.07) is 6.36. The fourth-order valence-corrected chi connectivity index (χ4v) is 2.47. The minimum absolute atomic E-state index is 0.290. The van der Waals surface area contributed by atoms with Crippen LogP contribution in [0.25, 0.3) is 11.0 Å². The summed E-state index contributed by atoms with van der Waals surface area (Å²) in [7, 11) is -0.358. The highest BCUT2D eigenvalue weighted by atomic mass is 16.7. The van der Waals surface area contributed by atoms with Gasteiger partial charge < -0.3 is 9.31 Å². The molecule has 0 atom stereocenters. The van der Waals surface area contributed by atoms with Gasteiger partial charge in [0.1, 0.15) is 5.52 Å². The Morgan fingerprint density at radius 3 is 2.29 bits per heavy atom. The molecular weight excluding hydrogens is 265 g/mol. The first-order valence-electron chi connectivity index (χ1n) is 7.42. The molecular formula is C15H22BN3O2. The van der Waals surface area contributed by atoms with E-state index in [-0.39, 0.29) is 24.4 Å². The molecule has 0 N–H and O–H groups in total. The number of rotatable bonds is 2. The van der Waals surface area contributed by atoms with E-state index in [9.17, 15) is 0 Å². The zero-order chi connectivity index (χ0) is 15.4. The zero-order valence-electron chi connectivity index (χ0n) is 13.5. The van der Waals surface area contributed by atoms with Crippen LogP contribution in [0.1, 0.15) is 47.6 Å². The van der Waals surface area contributed by atoms with Crippen LogP contribution in [0.4, 0.5) is 0 Å². The molecule has 3 rings (SSSR count). The fraction of sp³-hybridized carbons (Fsp3) is 0.600. The van der Waals surface area contributed by atoms with Crippen molar-refractivity contribution in [1.82, 2.24) is 15.0 Å². The molecule has 1 aliphatic rings. The second-order valence-corrected chi connectivity index (χ2v) is 6.96. The summed E-state index contributed by atoms with van der Waals surface area (Å²) in [4.78, 5) is 0. The van der Waals surface area contributed by atoms with Gasteiger partial charge >= 0.3 is 7.12 Å². The first-order chi connectivity index (χ1) is 9.71. The van der Waals surface area contributed by atoms with Crippen LogP contribution in [0.3, 0.4) is 0 Å². The molecule has 1 aliphatic heterocycles. The fourth-order valence-electron chi connectivity index (χ4n) is 2.47. The first kappa shape index (κ1) is 14.5. The van der Waals surface area contributed by atoms with Crippen LogP contribution in [-0.4, -0.2) is 33.3 Å². The molecule has 0 spiro atoms. The van der Waals surface area contributed by atoms with E-state index in [1.165, 1.54) is 0 Å². The molecule has 0 saturated carbocycles. The van der Waals surface area contributed by atoms with Gasteiger partial charge in [-0.25, -0.2) is 4.68 Å². The molecule has 0 bridgehead atoms. The third-order valence-corrected chi connectivity index (χ3v) is 4.51. The second-order valence-electron chi connectivity index (χ2n) is 6.96. The van der Waals surface area contributed by atoms with Crippen LogP contribution < -0.4 is 5.46 Å². The summed E-state index contributed by atoms with van der Waals surface area (Å²) < 4.78 is 14.1. The minimum atomic E-state index is -0.358. The molecule has 2 heterocycles. The lowest BCUT2D eigenvalue weighted by molar-refractivity contribution is 0.00578. The van der Waals surface area contributed by atoms with Crippen LogP contribution >= 0.6 is 0 Å². The zero-order valence-corrected chi connectivity index (χ0v) is 13.5. The molecule has 0 amide bonds. The summed E-state index contributed by atoms with van der Waals surface area (Å²) in [5.41, 5.74) is 2.22. The van der Waals surface area contributed by atoms with E-state index in [0.29, 0.717) is 0 Å². The molecule has 0 unspecified atom stereocenters. The van der Waals surface area contributed by atoms with E-state index in [1.807, 2.05) is 22.9 Å². The highest BCUT2D eigenvalue weighted by Gasteiger charge is 2.51. The smallest absolute Gasteiger partial charge is 0.399 e. The Balaban J connectivity index is 1.96. The maximum absolute atomic E-state index is 6.08. The van der Waals surface area contributed by atoms with Crippen molar-refractivity contribution in [3.05, 3.63) is 18.2 Å². The van der Waals surface area contributed by atoms with Gasteiger partial charge in [-0.1, -0.05) is 11.3 Å². The van der Waals surface area contributed by atoms with Crippen molar-refractivity contribution in [2.24, 2.45) is 0 Å². The average Bonchev–Trinajstić information content (AvgIpc) is 2.87. The summed E-state index contributed by atoms with van der Waals surface area (Å²) in [5.74, 6) is 0. The van der Waals surface area contributed by atoms with Crippen molar-refractivity contribution in [3.8, 4) is 0 Å². The van der Waals surface area contributed by atoms with E-state index < -0.39 is 0 Å². The lowest BCUT2D eigenvalue weighted by Crippen LogP contribution is -2.41. The van der Waals surface area contributed by atoms with Crippen LogP contribution in [0.5, 0.6) is 0 Å². The Kier molecular flexibility index (Phi) is 3.15. The number of fused-ring (bicyclic) bond motifs is 1. The number of hydrogen-bond donors (Lipinski definition) is 0. The Morgan fingerprint density at radius 1 is 1.10 bits per heavy atom. The Hall–Kier alpha value is -1.40. The largest absolute Gasteiger partial charge is 0.494 e. The van der Waals surface area contributed by atoms with E-state index in [1.54, 1.807) is 0 Å². The molecule has 1 fully saturated rings. The van der Waals surface area contributed by atoms with Gasteiger partial charge in [0.2, 0.25) is 0 Å². The third-order valence-electron chi connectivity index (χ3n) is 4.51. The maximum atomic E-state index is 6.08. The normalized spacial score (nSPS) is 20.6. The SMILES string of the molecule is CC(C)n1nnc2cc(B3OC(C)(C)C(C)(C)O3)ccc21. The van der Waals surface area contributed by atoms with Crippen molar-refractivity contribution in [1.29, 1.82) is 0 Å². The quantitative estimate of drug-likeness (QED) is 0.795. The average molecular weight is 287 g/mol. The topological polar surface area (TPSA) is 49.2 Å². The van der Waals surface area contributed by atoms with Gasteiger partial charge in [0.25, 0.3) is 0 Å². The van der Waals surface area contributed by atoms with Gasteiger partial charge in [-0.2, -0.15) is 0 Å². The van der Waals surface area contributed by atoms with Crippen LogP contribution in [0, 0.1) is 0 Å². The summed E-state index contributed by atoms with van der Waals surface area (Å²) >= 11 is 0. The van der Waals surface area contributed by atoms with Crippen molar-refractivity contribution in [2.45, 2.75) is 58.8 Å². The minimum Gasteiger partial charge on any atom is -0.399 e. The predicted octanol–water partition coefficient (Wildman–Crippen LogP) is 2.31. The lowest BCUT2D eigenvalue weighted by Gasteiger charge is -2.32. The number of aromatic nitrogens is 3. The molecule has 5 nitrogen and oxygen atoms in total. The molecule has 0 aliphatic carbocycles. The van der Waals surface area contributed by atoms with Crippen LogP contribution in [0.15, 0.2) is 18.2 Å². The van der Waals surface area contributed by atoms with Crippen molar-refractivity contribution >= 4 is 23.6 Å². The molecule has 1 aromatic heterocycles. The molecule has 112 valence electrons. The van der Waals surface area contributed by atoms with Gasteiger partial charge in [-0.15, -0.1) is 5.10 Å². The Labute approximate surface area is 125 Å². The van der Waals surface area contributed by atoms with Crippen LogP contribution in [0.2, 0.25) is 0 Å². The molecule has 0 radical (unpaired) electrons. The van der Waals surface area contributed by atoms with Crippen molar-refractivity contribution < 1.29 is 9.31 Å². The van der Waals surface area contributed by atoms with Crippen molar-refractivity contribution in [3.63, 3.8) is 0 Å². The standard InChI is InChI=1S/C15H22BN3O2/c1-10(2)19-13-8-7-11(9-12(13)17-18-19)16-20-14(3,4)15(5,6)21-16/h7-10H,1-6H3. The van der Waals surface area contributed by atoms with Crippen LogP contribution in [-0.2, 0) is 9.31 Å². The molecule has 2 aromatic rings. The molecule has 6 heteroatoms. The first-order valence-corrected chi connectivity index (χ1v) is 7.42. The highest BCUT2D eigenvalue weighted by Crippen LogP contribution is 2.36. The van der Waals surface area contributed by atoms with Gasteiger partial charge in [-0.3, -0.25) is 0 Å². The van der Waals surface area contributed by atoms with E-state index in [4.69, 9.17) is 9.31 Å². The molecule has 1 saturated heterocycles. The number of hydrogen-bond acceptors (Lipinski definition) is 4. The van der Waals surface area contributed by atoms with E-state index >= 15 is 0 Å². The third kappa shape index (κ3) is 2.26. The van der Waals surface area contributed by atoms with E-state index in [0.717, 1.165) is 16.5 Å². The lowest BCUT2D eigenvalue weighted by atomic mass is 9.79. The molecule has 1 aromatic carbocycles. The highest BCUT2D eigenvalue weighted by molar-refractivity contribution is 6.62.